The highest BCUT2D eigenvalue weighted by Crippen LogP contribution is 2.32. The maximum absolute atomic E-state index is 12.4. The lowest BCUT2D eigenvalue weighted by Crippen LogP contribution is -2.13. The summed E-state index contributed by atoms with van der Waals surface area (Å²) < 4.78 is 11.4. The molecule has 0 radical (unpaired) electrons. The van der Waals surface area contributed by atoms with Gasteiger partial charge in [-0.2, -0.15) is 0 Å². The minimum Gasteiger partial charge on any atom is -0.479 e. The molecule has 0 fully saturated rings. The number of aromatic nitrogens is 3. The minimum atomic E-state index is -0.533. The SMILES string of the molecule is Cc1sc(NC(=O)CSc2nnc([C@@H](C)Oc3ccc(Cl)cc3Cl)o2)nc1-c1ccccc1. The van der Waals surface area contributed by atoms with Crippen LogP contribution in [0.4, 0.5) is 5.13 Å². The molecule has 0 bridgehead atoms. The van der Waals surface area contributed by atoms with Gasteiger partial charge in [0.05, 0.1) is 16.5 Å². The van der Waals surface area contributed by atoms with E-state index in [9.17, 15) is 4.79 Å². The summed E-state index contributed by atoms with van der Waals surface area (Å²) in [4.78, 5) is 18.0. The predicted octanol–water partition coefficient (Wildman–Crippen LogP) is 6.68. The van der Waals surface area contributed by atoms with E-state index in [1.165, 1.54) is 11.3 Å². The van der Waals surface area contributed by atoms with Gasteiger partial charge in [-0.3, -0.25) is 4.79 Å². The van der Waals surface area contributed by atoms with Gasteiger partial charge in [-0.05, 0) is 32.0 Å². The van der Waals surface area contributed by atoms with E-state index in [-0.39, 0.29) is 22.8 Å². The predicted molar refractivity (Wildman–Crippen MR) is 131 cm³/mol. The summed E-state index contributed by atoms with van der Waals surface area (Å²) in [5.41, 5.74) is 1.87. The zero-order chi connectivity index (χ0) is 23.4. The fraction of sp³-hybridized carbons (Fsp3) is 0.182. The normalized spacial score (nSPS) is 11.9. The van der Waals surface area contributed by atoms with Crippen molar-refractivity contribution in [1.29, 1.82) is 0 Å². The van der Waals surface area contributed by atoms with Crippen LogP contribution in [0.1, 0.15) is 23.8 Å². The number of carbonyl (C=O) groups is 1. The van der Waals surface area contributed by atoms with E-state index in [0.717, 1.165) is 27.9 Å². The number of halogens is 2. The number of hydrogen-bond donors (Lipinski definition) is 1. The topological polar surface area (TPSA) is 90.1 Å². The van der Waals surface area contributed by atoms with Crippen molar-refractivity contribution in [3.63, 3.8) is 0 Å². The monoisotopic (exact) mass is 520 g/mol. The van der Waals surface area contributed by atoms with Crippen molar-refractivity contribution < 1.29 is 13.9 Å². The van der Waals surface area contributed by atoms with Crippen LogP contribution in [-0.2, 0) is 4.79 Å². The van der Waals surface area contributed by atoms with Gasteiger partial charge in [-0.1, -0.05) is 65.3 Å². The Bertz CT molecular complexity index is 1260. The quantitative estimate of drug-likeness (QED) is 0.259. The zero-order valence-corrected chi connectivity index (χ0v) is 20.7. The Balaban J connectivity index is 1.31. The Morgan fingerprint density at radius 3 is 2.76 bits per heavy atom. The van der Waals surface area contributed by atoms with Crippen molar-refractivity contribution in [2.45, 2.75) is 25.2 Å². The summed E-state index contributed by atoms with van der Waals surface area (Å²) in [6.07, 6.45) is -0.533. The van der Waals surface area contributed by atoms with Crippen LogP contribution >= 0.6 is 46.3 Å². The zero-order valence-electron chi connectivity index (χ0n) is 17.5. The molecule has 1 N–H and O–H groups in total. The van der Waals surface area contributed by atoms with Crippen LogP contribution in [-0.4, -0.2) is 26.8 Å². The molecule has 0 aliphatic carbocycles. The number of carbonyl (C=O) groups excluding carboxylic acids is 1. The van der Waals surface area contributed by atoms with Crippen LogP contribution in [0.3, 0.4) is 0 Å². The molecule has 0 unspecified atom stereocenters. The number of thiazole rings is 1. The summed E-state index contributed by atoms with van der Waals surface area (Å²) in [5.74, 6) is 0.602. The van der Waals surface area contributed by atoms with Gasteiger partial charge in [-0.15, -0.1) is 21.5 Å². The molecule has 1 amide bonds. The minimum absolute atomic E-state index is 0.0964. The lowest BCUT2D eigenvalue weighted by atomic mass is 10.1. The van der Waals surface area contributed by atoms with Crippen LogP contribution in [0.2, 0.25) is 10.0 Å². The van der Waals surface area contributed by atoms with Crippen molar-refractivity contribution in [2.75, 3.05) is 11.1 Å². The van der Waals surface area contributed by atoms with Crippen LogP contribution in [0.5, 0.6) is 5.75 Å². The van der Waals surface area contributed by atoms with Gasteiger partial charge < -0.3 is 14.5 Å². The smallest absolute Gasteiger partial charge is 0.277 e. The molecule has 4 rings (SSSR count). The lowest BCUT2D eigenvalue weighted by molar-refractivity contribution is -0.113. The molecule has 170 valence electrons. The van der Waals surface area contributed by atoms with Crippen molar-refractivity contribution in [2.24, 2.45) is 0 Å². The fourth-order valence-corrected chi connectivity index (χ4v) is 4.73. The molecule has 0 aliphatic rings. The molecule has 0 spiro atoms. The maximum atomic E-state index is 12.4. The van der Waals surface area contributed by atoms with E-state index in [1.54, 1.807) is 25.1 Å². The van der Waals surface area contributed by atoms with Gasteiger partial charge in [0.25, 0.3) is 11.1 Å². The number of aryl methyl sites for hydroxylation is 1. The number of amides is 1. The highest BCUT2D eigenvalue weighted by molar-refractivity contribution is 7.99. The second-order valence-corrected chi connectivity index (χ2v) is 9.84. The molecular formula is C22H18Cl2N4O3S2. The van der Waals surface area contributed by atoms with E-state index in [4.69, 9.17) is 32.4 Å². The average Bonchev–Trinajstić information content (AvgIpc) is 3.41. The Morgan fingerprint density at radius 2 is 2.00 bits per heavy atom. The first kappa shape index (κ1) is 23.6. The van der Waals surface area contributed by atoms with Crippen molar-refractivity contribution in [3.8, 4) is 17.0 Å². The molecule has 33 heavy (non-hydrogen) atoms. The Hall–Kier alpha value is -2.59. The number of rotatable bonds is 8. The van der Waals surface area contributed by atoms with E-state index < -0.39 is 6.10 Å². The molecular weight excluding hydrogens is 503 g/mol. The number of nitrogens with one attached hydrogen (secondary N) is 1. The molecule has 7 nitrogen and oxygen atoms in total. The number of ether oxygens (including phenoxy) is 1. The van der Waals surface area contributed by atoms with Crippen molar-refractivity contribution in [1.82, 2.24) is 15.2 Å². The first-order valence-electron chi connectivity index (χ1n) is 9.79. The van der Waals surface area contributed by atoms with Gasteiger partial charge in [0, 0.05) is 15.5 Å². The van der Waals surface area contributed by atoms with Crippen LogP contribution in [0, 0.1) is 6.92 Å². The van der Waals surface area contributed by atoms with Gasteiger partial charge in [0.2, 0.25) is 5.91 Å². The van der Waals surface area contributed by atoms with Crippen LogP contribution in [0.15, 0.2) is 58.2 Å². The molecule has 2 heterocycles. The highest BCUT2D eigenvalue weighted by Gasteiger charge is 2.19. The van der Waals surface area contributed by atoms with Crippen LogP contribution in [0.25, 0.3) is 11.3 Å². The van der Waals surface area contributed by atoms with Gasteiger partial charge >= 0.3 is 0 Å². The standard InChI is InChI=1S/C22H18Cl2N4O3S2/c1-12(30-17-9-8-15(23)10-16(17)24)20-27-28-22(31-20)32-11-18(29)25-21-26-19(13(2)33-21)14-6-4-3-5-7-14/h3-10,12H,11H2,1-2H3,(H,25,26,29)/t12-/m1/s1. The molecule has 0 saturated carbocycles. The summed E-state index contributed by atoms with van der Waals surface area (Å²) in [6, 6.07) is 14.8. The first-order valence-corrected chi connectivity index (χ1v) is 12.4. The Kier molecular flexibility index (Phi) is 7.54. The molecule has 1 atom stereocenters. The molecule has 11 heteroatoms. The number of nitrogens with zero attached hydrogens (tertiary/aromatic N) is 3. The molecule has 2 aromatic carbocycles. The second kappa shape index (κ2) is 10.6. The number of benzene rings is 2. The molecule has 4 aromatic rings. The largest absolute Gasteiger partial charge is 0.479 e. The third kappa shape index (κ3) is 6.05. The van der Waals surface area contributed by atoms with E-state index in [0.29, 0.717) is 20.9 Å². The summed E-state index contributed by atoms with van der Waals surface area (Å²) in [5, 5.41) is 12.5. The third-order valence-electron chi connectivity index (χ3n) is 4.38. The third-order valence-corrected chi connectivity index (χ3v) is 6.62. The van der Waals surface area contributed by atoms with Crippen molar-refractivity contribution >= 4 is 57.3 Å². The lowest BCUT2D eigenvalue weighted by Gasteiger charge is -2.12. The molecule has 2 aromatic heterocycles. The first-order chi connectivity index (χ1) is 15.9. The van der Waals surface area contributed by atoms with Crippen LogP contribution < -0.4 is 10.1 Å². The highest BCUT2D eigenvalue weighted by atomic mass is 35.5. The summed E-state index contributed by atoms with van der Waals surface area (Å²) in [6.45, 7) is 3.74. The summed E-state index contributed by atoms with van der Waals surface area (Å²) in [7, 11) is 0. The second-order valence-electron chi connectivity index (χ2n) is 6.87. The Labute approximate surface area is 208 Å². The molecule has 0 aliphatic heterocycles. The number of anilines is 1. The average molecular weight is 521 g/mol. The van der Waals surface area contributed by atoms with E-state index in [2.05, 4.69) is 20.5 Å². The van der Waals surface area contributed by atoms with Gasteiger partial charge in [-0.25, -0.2) is 4.98 Å². The summed E-state index contributed by atoms with van der Waals surface area (Å²) >= 11 is 14.6. The fourth-order valence-electron chi connectivity index (χ4n) is 2.85. The van der Waals surface area contributed by atoms with E-state index >= 15 is 0 Å². The molecule has 0 saturated heterocycles. The van der Waals surface area contributed by atoms with Gasteiger partial charge in [0.15, 0.2) is 11.2 Å². The number of hydrogen-bond acceptors (Lipinski definition) is 8. The number of thioether (sulfide) groups is 1. The van der Waals surface area contributed by atoms with E-state index in [1.807, 2.05) is 37.3 Å². The van der Waals surface area contributed by atoms with Crippen molar-refractivity contribution in [3.05, 3.63) is 69.3 Å². The van der Waals surface area contributed by atoms with Gasteiger partial charge in [0.1, 0.15) is 5.75 Å². The Morgan fingerprint density at radius 1 is 1.21 bits per heavy atom. The maximum Gasteiger partial charge on any atom is 0.277 e.